The maximum absolute atomic E-state index is 12.0. The molecule has 0 atom stereocenters. The molecule has 0 unspecified atom stereocenters. The average molecular weight is 211 g/mol. The number of alkyl halides is 2. The van der Waals surface area contributed by atoms with E-state index in [1.807, 2.05) is 0 Å². The summed E-state index contributed by atoms with van der Waals surface area (Å²) < 4.78 is 28.2. The monoisotopic (exact) mass is 211 g/mol. The van der Waals surface area contributed by atoms with Gasteiger partial charge in [-0.2, -0.15) is 14.0 Å². The second-order valence-corrected chi connectivity index (χ2v) is 2.73. The van der Waals surface area contributed by atoms with Crippen LogP contribution in [-0.4, -0.2) is 12.4 Å². The highest BCUT2D eigenvalue weighted by molar-refractivity contribution is 5.97. The first-order chi connectivity index (χ1) is 7.06. The minimum Gasteiger partial charge on any atom is -0.433 e. The van der Waals surface area contributed by atoms with Crippen molar-refractivity contribution in [2.45, 2.75) is 13.5 Å². The molecule has 1 rings (SSSR count). The molecule has 0 aliphatic rings. The number of Topliss-reactive ketones (excluding diaryl/α,β-unsaturated/α-hetero) is 1. The van der Waals surface area contributed by atoms with Crippen molar-refractivity contribution in [1.29, 1.82) is 5.26 Å². The third-order valence-corrected chi connectivity index (χ3v) is 1.72. The second-order valence-electron chi connectivity index (χ2n) is 2.73. The van der Waals surface area contributed by atoms with Gasteiger partial charge in [0.25, 0.3) is 0 Å². The summed E-state index contributed by atoms with van der Waals surface area (Å²) in [6.07, 6.45) is 0. The van der Waals surface area contributed by atoms with Crippen molar-refractivity contribution in [2.75, 3.05) is 0 Å². The van der Waals surface area contributed by atoms with Gasteiger partial charge in [0, 0.05) is 0 Å². The standard InChI is InChI=1S/C10H7F2NO2/c1-6(14)8-4-2-3-7(5-13)9(8)15-10(11)12/h2-4,10H,1H3. The molecule has 0 saturated heterocycles. The van der Waals surface area contributed by atoms with Gasteiger partial charge in [0.05, 0.1) is 11.1 Å². The van der Waals surface area contributed by atoms with Gasteiger partial charge in [0.15, 0.2) is 11.5 Å². The van der Waals surface area contributed by atoms with Crippen molar-refractivity contribution < 1.29 is 18.3 Å². The summed E-state index contributed by atoms with van der Waals surface area (Å²) in [5, 5.41) is 8.65. The first-order valence-corrected chi connectivity index (χ1v) is 4.05. The van der Waals surface area contributed by atoms with Crippen molar-refractivity contribution in [3.63, 3.8) is 0 Å². The minimum absolute atomic E-state index is 0.0191. The number of rotatable bonds is 3. The smallest absolute Gasteiger partial charge is 0.387 e. The van der Waals surface area contributed by atoms with Crippen molar-refractivity contribution in [1.82, 2.24) is 0 Å². The summed E-state index contributed by atoms with van der Waals surface area (Å²) in [4.78, 5) is 11.1. The summed E-state index contributed by atoms with van der Waals surface area (Å²) in [5.74, 6) is -0.787. The Hall–Kier alpha value is -1.96. The van der Waals surface area contributed by atoms with E-state index in [1.165, 1.54) is 25.1 Å². The van der Waals surface area contributed by atoms with Gasteiger partial charge in [-0.15, -0.1) is 0 Å². The van der Waals surface area contributed by atoms with E-state index in [0.29, 0.717) is 0 Å². The molecule has 0 N–H and O–H groups in total. The van der Waals surface area contributed by atoms with Crippen LogP contribution in [0.25, 0.3) is 0 Å². The zero-order valence-corrected chi connectivity index (χ0v) is 7.83. The number of carbonyl (C=O) groups excluding carboxylic acids is 1. The normalized spacial score (nSPS) is 9.80. The fourth-order valence-corrected chi connectivity index (χ4v) is 1.12. The van der Waals surface area contributed by atoms with E-state index < -0.39 is 12.4 Å². The van der Waals surface area contributed by atoms with Gasteiger partial charge in [-0.05, 0) is 19.1 Å². The highest BCUT2D eigenvalue weighted by atomic mass is 19.3. The molecule has 0 heterocycles. The molecule has 0 fully saturated rings. The van der Waals surface area contributed by atoms with E-state index in [9.17, 15) is 13.6 Å². The van der Waals surface area contributed by atoms with Crippen LogP contribution in [0.3, 0.4) is 0 Å². The lowest BCUT2D eigenvalue weighted by atomic mass is 10.1. The molecule has 0 aliphatic heterocycles. The Morgan fingerprint density at radius 1 is 1.53 bits per heavy atom. The number of benzene rings is 1. The molecule has 5 heteroatoms. The Morgan fingerprint density at radius 2 is 2.20 bits per heavy atom. The van der Waals surface area contributed by atoms with Crippen LogP contribution in [0.4, 0.5) is 8.78 Å². The van der Waals surface area contributed by atoms with Crippen LogP contribution in [0.2, 0.25) is 0 Å². The molecule has 0 saturated carbocycles. The zero-order chi connectivity index (χ0) is 11.4. The first kappa shape index (κ1) is 11.1. The van der Waals surface area contributed by atoms with Crippen LogP contribution in [0.15, 0.2) is 18.2 Å². The van der Waals surface area contributed by atoms with Gasteiger partial charge >= 0.3 is 6.61 Å². The Balaban J connectivity index is 3.28. The van der Waals surface area contributed by atoms with Crippen molar-refractivity contribution in [3.8, 4) is 11.8 Å². The highest BCUT2D eigenvalue weighted by Gasteiger charge is 2.16. The van der Waals surface area contributed by atoms with E-state index in [0.717, 1.165) is 0 Å². The lowest BCUT2D eigenvalue weighted by Gasteiger charge is -2.09. The van der Waals surface area contributed by atoms with Crippen LogP contribution < -0.4 is 4.74 Å². The molecule has 78 valence electrons. The Bertz CT molecular complexity index is 424. The molecule has 0 aromatic heterocycles. The molecule has 1 aromatic carbocycles. The molecular formula is C10H7F2NO2. The van der Waals surface area contributed by atoms with Crippen molar-refractivity contribution >= 4 is 5.78 Å². The Labute approximate surface area is 84.9 Å². The number of carbonyl (C=O) groups is 1. The molecule has 3 nitrogen and oxygen atoms in total. The zero-order valence-electron chi connectivity index (χ0n) is 7.83. The predicted octanol–water partition coefficient (Wildman–Crippen LogP) is 2.36. The maximum Gasteiger partial charge on any atom is 0.387 e. The fourth-order valence-electron chi connectivity index (χ4n) is 1.12. The molecule has 0 bridgehead atoms. The number of nitriles is 1. The SMILES string of the molecule is CC(=O)c1cccc(C#N)c1OC(F)F. The lowest BCUT2D eigenvalue weighted by molar-refractivity contribution is -0.0503. The molecule has 0 amide bonds. The van der Waals surface area contributed by atoms with Gasteiger partial charge < -0.3 is 4.74 Å². The summed E-state index contributed by atoms with van der Waals surface area (Å²) in [6, 6.07) is 5.77. The van der Waals surface area contributed by atoms with Crippen LogP contribution in [0, 0.1) is 11.3 Å². The molecule has 0 aliphatic carbocycles. The maximum atomic E-state index is 12.0. The van der Waals surface area contributed by atoms with Gasteiger partial charge in [-0.3, -0.25) is 4.79 Å². The lowest BCUT2D eigenvalue weighted by Crippen LogP contribution is -2.08. The van der Waals surface area contributed by atoms with Crippen LogP contribution in [-0.2, 0) is 0 Å². The summed E-state index contributed by atoms with van der Waals surface area (Å²) in [6.45, 7) is -1.84. The third-order valence-electron chi connectivity index (χ3n) is 1.72. The first-order valence-electron chi connectivity index (χ1n) is 4.05. The van der Waals surface area contributed by atoms with Gasteiger partial charge in [0.2, 0.25) is 0 Å². The third kappa shape index (κ3) is 2.50. The molecule has 0 spiro atoms. The van der Waals surface area contributed by atoms with Gasteiger partial charge in [0.1, 0.15) is 6.07 Å². The predicted molar refractivity (Wildman–Crippen MR) is 47.8 cm³/mol. The topological polar surface area (TPSA) is 50.1 Å². The summed E-state index contributed by atoms with van der Waals surface area (Å²) in [5.41, 5.74) is -0.0997. The molecule has 1 aromatic rings. The van der Waals surface area contributed by atoms with Gasteiger partial charge in [-0.1, -0.05) is 6.07 Å². The van der Waals surface area contributed by atoms with Crippen molar-refractivity contribution in [3.05, 3.63) is 29.3 Å². The molecular weight excluding hydrogens is 204 g/mol. The number of nitrogens with zero attached hydrogens (tertiary/aromatic N) is 1. The largest absolute Gasteiger partial charge is 0.433 e. The Morgan fingerprint density at radius 3 is 2.67 bits per heavy atom. The summed E-state index contributed by atoms with van der Waals surface area (Å²) >= 11 is 0. The van der Waals surface area contributed by atoms with Crippen molar-refractivity contribution in [2.24, 2.45) is 0 Å². The Kier molecular flexibility index (Phi) is 3.34. The number of hydrogen-bond acceptors (Lipinski definition) is 3. The van der Waals surface area contributed by atoms with Crippen LogP contribution in [0.5, 0.6) is 5.75 Å². The summed E-state index contributed by atoms with van der Waals surface area (Å²) in [7, 11) is 0. The van der Waals surface area contributed by atoms with E-state index >= 15 is 0 Å². The minimum atomic E-state index is -3.06. The number of para-hydroxylation sites is 1. The molecule has 0 radical (unpaired) electrons. The fraction of sp³-hybridized carbons (Fsp3) is 0.200. The number of ether oxygens (including phenoxy) is 1. The highest BCUT2D eigenvalue weighted by Crippen LogP contribution is 2.25. The number of halogens is 2. The average Bonchev–Trinajstić information content (AvgIpc) is 2.16. The van der Waals surface area contributed by atoms with Gasteiger partial charge in [-0.25, -0.2) is 0 Å². The second kappa shape index (κ2) is 4.51. The van der Waals surface area contributed by atoms with E-state index in [2.05, 4.69) is 4.74 Å². The molecule has 15 heavy (non-hydrogen) atoms. The quantitative estimate of drug-likeness (QED) is 0.721. The van der Waals surface area contributed by atoms with E-state index in [-0.39, 0.29) is 16.9 Å². The van der Waals surface area contributed by atoms with Crippen LogP contribution >= 0.6 is 0 Å². The van der Waals surface area contributed by atoms with E-state index in [4.69, 9.17) is 5.26 Å². The number of ketones is 1. The van der Waals surface area contributed by atoms with E-state index in [1.54, 1.807) is 6.07 Å². The number of hydrogen-bond donors (Lipinski definition) is 0. The van der Waals surface area contributed by atoms with Crippen LogP contribution in [0.1, 0.15) is 22.8 Å².